The molecule has 2 N–H and O–H groups in total. The molecule has 0 radical (unpaired) electrons. The lowest BCUT2D eigenvalue weighted by atomic mass is 10.3. The van der Waals surface area contributed by atoms with Crippen LogP contribution in [0.1, 0.15) is 6.92 Å². The Hall–Kier alpha value is -2.94. The van der Waals surface area contributed by atoms with Crippen LogP contribution in [0.4, 0.5) is 10.5 Å². The average molecular weight is 342 g/mol. The Morgan fingerprint density at radius 2 is 2.00 bits per heavy atom. The molecule has 9 heteroatoms. The average Bonchev–Trinajstić information content (AvgIpc) is 2.97. The zero-order valence-corrected chi connectivity index (χ0v) is 13.5. The van der Waals surface area contributed by atoms with Gasteiger partial charge in [0.2, 0.25) is 11.1 Å². The fraction of sp³-hybridized carbons (Fsp3) is 0.133. The van der Waals surface area contributed by atoms with Gasteiger partial charge < -0.3 is 5.32 Å². The largest absolute Gasteiger partial charge is 0.325 e. The van der Waals surface area contributed by atoms with Crippen molar-refractivity contribution in [1.82, 2.24) is 24.9 Å². The molecule has 0 spiro atoms. The van der Waals surface area contributed by atoms with Crippen molar-refractivity contribution >= 4 is 35.2 Å². The minimum Gasteiger partial charge on any atom is -0.308 e. The van der Waals surface area contributed by atoms with Gasteiger partial charge in [0.15, 0.2) is 0 Å². The zero-order valence-electron chi connectivity index (χ0n) is 12.7. The number of thioether (sulfide) groups is 1. The van der Waals surface area contributed by atoms with Gasteiger partial charge in [-0.25, -0.2) is 14.3 Å². The molecule has 0 fully saturated rings. The number of carbonyl (C=O) groups is 2. The van der Waals surface area contributed by atoms with Crippen molar-refractivity contribution in [3.63, 3.8) is 0 Å². The standard InChI is InChI=1S/C15H14N6O2S/c1-10(24-15-19-13-16-8-5-9-21(13)20-15)12(22)18-14(23)17-11-6-3-2-4-7-11/h2-10H,1H3,(H2,17,18,22,23). The first-order chi connectivity index (χ1) is 11.6. The van der Waals surface area contributed by atoms with Crippen LogP contribution in [0.3, 0.4) is 0 Å². The van der Waals surface area contributed by atoms with Crippen LogP contribution in [0.15, 0.2) is 53.9 Å². The van der Waals surface area contributed by atoms with E-state index in [1.165, 1.54) is 4.52 Å². The third-order valence-corrected chi connectivity index (χ3v) is 3.97. The molecule has 0 aliphatic carbocycles. The molecule has 3 amide bonds. The molecule has 1 atom stereocenters. The maximum Gasteiger partial charge on any atom is 0.325 e. The van der Waals surface area contributed by atoms with Gasteiger partial charge in [-0.05, 0) is 25.1 Å². The number of nitrogens with zero attached hydrogens (tertiary/aromatic N) is 4. The number of aromatic nitrogens is 4. The van der Waals surface area contributed by atoms with E-state index in [0.717, 1.165) is 11.8 Å². The monoisotopic (exact) mass is 342 g/mol. The highest BCUT2D eigenvalue weighted by atomic mass is 32.2. The van der Waals surface area contributed by atoms with Gasteiger partial charge >= 0.3 is 6.03 Å². The summed E-state index contributed by atoms with van der Waals surface area (Å²) in [6.07, 6.45) is 3.33. The van der Waals surface area contributed by atoms with Crippen molar-refractivity contribution in [2.24, 2.45) is 0 Å². The zero-order chi connectivity index (χ0) is 16.9. The molecule has 122 valence electrons. The van der Waals surface area contributed by atoms with Gasteiger partial charge in [-0.15, -0.1) is 5.10 Å². The molecule has 3 rings (SSSR count). The molecule has 3 aromatic rings. The van der Waals surface area contributed by atoms with Crippen LogP contribution < -0.4 is 10.6 Å². The predicted octanol–water partition coefficient (Wildman–Crippen LogP) is 1.95. The van der Waals surface area contributed by atoms with E-state index in [-0.39, 0.29) is 0 Å². The molecule has 0 aliphatic heterocycles. The summed E-state index contributed by atoms with van der Waals surface area (Å²) in [6.45, 7) is 1.68. The van der Waals surface area contributed by atoms with Crippen LogP contribution in [0.2, 0.25) is 0 Å². The summed E-state index contributed by atoms with van der Waals surface area (Å²) >= 11 is 1.15. The number of imide groups is 1. The van der Waals surface area contributed by atoms with Crippen molar-refractivity contribution in [2.75, 3.05) is 5.32 Å². The van der Waals surface area contributed by atoms with Gasteiger partial charge in [-0.2, -0.15) is 4.98 Å². The Morgan fingerprint density at radius 3 is 2.75 bits per heavy atom. The molecule has 0 aliphatic rings. The Morgan fingerprint density at radius 1 is 1.21 bits per heavy atom. The molecular weight excluding hydrogens is 328 g/mol. The summed E-state index contributed by atoms with van der Waals surface area (Å²) in [5.74, 6) is 0.0228. The SMILES string of the molecule is CC(Sc1nc2ncccn2n1)C(=O)NC(=O)Nc1ccccc1. The Labute approximate surface area is 141 Å². The molecule has 1 unspecified atom stereocenters. The number of fused-ring (bicyclic) bond motifs is 1. The van der Waals surface area contributed by atoms with Crippen LogP contribution in [-0.4, -0.2) is 36.8 Å². The second-order valence-corrected chi connectivity index (χ2v) is 6.14. The molecule has 0 saturated heterocycles. The second-order valence-electron chi connectivity index (χ2n) is 4.83. The number of nitrogens with one attached hydrogen (secondary N) is 2. The number of hydrogen-bond donors (Lipinski definition) is 2. The lowest BCUT2D eigenvalue weighted by Crippen LogP contribution is -2.38. The number of anilines is 1. The van der Waals surface area contributed by atoms with Gasteiger partial charge in [0.25, 0.3) is 5.78 Å². The van der Waals surface area contributed by atoms with E-state index in [4.69, 9.17) is 0 Å². The number of rotatable bonds is 4. The van der Waals surface area contributed by atoms with Crippen molar-refractivity contribution in [2.45, 2.75) is 17.3 Å². The van der Waals surface area contributed by atoms with Crippen LogP contribution >= 0.6 is 11.8 Å². The first-order valence-corrected chi connectivity index (χ1v) is 8.01. The summed E-state index contributed by atoms with van der Waals surface area (Å²) < 4.78 is 1.52. The van der Waals surface area contributed by atoms with Crippen LogP contribution in [0, 0.1) is 0 Å². The summed E-state index contributed by atoms with van der Waals surface area (Å²) in [7, 11) is 0. The summed E-state index contributed by atoms with van der Waals surface area (Å²) in [5.41, 5.74) is 0.608. The van der Waals surface area contributed by atoms with Crippen molar-refractivity contribution in [3.05, 3.63) is 48.8 Å². The lowest BCUT2D eigenvalue weighted by molar-refractivity contribution is -0.119. The molecule has 8 nitrogen and oxygen atoms in total. The van der Waals surface area contributed by atoms with Crippen molar-refractivity contribution in [1.29, 1.82) is 0 Å². The molecular formula is C15H14N6O2S. The van der Waals surface area contributed by atoms with E-state index in [2.05, 4.69) is 25.7 Å². The first-order valence-electron chi connectivity index (χ1n) is 7.13. The summed E-state index contributed by atoms with van der Waals surface area (Å²) in [5, 5.41) is 8.97. The number of hydrogen-bond acceptors (Lipinski definition) is 6. The highest BCUT2D eigenvalue weighted by Gasteiger charge is 2.19. The van der Waals surface area contributed by atoms with E-state index in [0.29, 0.717) is 16.6 Å². The highest BCUT2D eigenvalue weighted by molar-refractivity contribution is 8.00. The van der Waals surface area contributed by atoms with Crippen LogP contribution in [0.25, 0.3) is 5.78 Å². The molecule has 24 heavy (non-hydrogen) atoms. The Kier molecular flexibility index (Phi) is 4.71. The smallest absolute Gasteiger partial charge is 0.308 e. The van der Waals surface area contributed by atoms with Gasteiger partial charge in [-0.1, -0.05) is 30.0 Å². The first kappa shape index (κ1) is 15.9. The predicted molar refractivity (Wildman–Crippen MR) is 89.7 cm³/mol. The van der Waals surface area contributed by atoms with E-state index in [1.807, 2.05) is 6.07 Å². The fourth-order valence-electron chi connectivity index (χ4n) is 1.87. The Balaban J connectivity index is 1.57. The van der Waals surface area contributed by atoms with Gasteiger partial charge in [0, 0.05) is 18.1 Å². The van der Waals surface area contributed by atoms with Crippen LogP contribution in [0.5, 0.6) is 0 Å². The van der Waals surface area contributed by atoms with Gasteiger partial charge in [0.05, 0.1) is 5.25 Å². The van der Waals surface area contributed by atoms with Gasteiger partial charge in [0.1, 0.15) is 0 Å². The summed E-state index contributed by atoms with van der Waals surface area (Å²) in [4.78, 5) is 32.2. The molecule has 0 saturated carbocycles. The lowest BCUT2D eigenvalue weighted by Gasteiger charge is -2.10. The molecule has 2 heterocycles. The third-order valence-electron chi connectivity index (χ3n) is 3.02. The topological polar surface area (TPSA) is 101 Å². The minimum absolute atomic E-state index is 0.416. The molecule has 1 aromatic carbocycles. The van der Waals surface area contributed by atoms with E-state index < -0.39 is 17.2 Å². The third kappa shape index (κ3) is 3.87. The highest BCUT2D eigenvalue weighted by Crippen LogP contribution is 2.19. The van der Waals surface area contributed by atoms with E-state index >= 15 is 0 Å². The fourth-order valence-corrected chi connectivity index (χ4v) is 2.62. The Bertz CT molecular complexity index is 834. The quantitative estimate of drug-likeness (QED) is 0.703. The second kappa shape index (κ2) is 7.09. The molecule has 2 aromatic heterocycles. The molecule has 0 bridgehead atoms. The number of benzene rings is 1. The van der Waals surface area contributed by atoms with Crippen molar-refractivity contribution < 1.29 is 9.59 Å². The van der Waals surface area contributed by atoms with Crippen LogP contribution in [-0.2, 0) is 4.79 Å². The maximum atomic E-state index is 12.1. The van der Waals surface area contributed by atoms with E-state index in [9.17, 15) is 9.59 Å². The minimum atomic E-state index is -0.580. The number of carbonyl (C=O) groups excluding carboxylic acids is 2. The van der Waals surface area contributed by atoms with E-state index in [1.54, 1.807) is 49.6 Å². The number of amides is 3. The van der Waals surface area contributed by atoms with Crippen molar-refractivity contribution in [3.8, 4) is 0 Å². The van der Waals surface area contributed by atoms with Gasteiger partial charge in [-0.3, -0.25) is 10.1 Å². The maximum absolute atomic E-state index is 12.1. The summed E-state index contributed by atoms with van der Waals surface area (Å²) in [6, 6.07) is 10.0. The normalized spacial score (nSPS) is 11.9. The number of para-hydroxylation sites is 1. The number of urea groups is 1.